The normalized spacial score (nSPS) is 20.0. The molecule has 2 rings (SSSR count). The van der Waals surface area contributed by atoms with E-state index in [4.69, 9.17) is 5.73 Å². The van der Waals surface area contributed by atoms with E-state index in [0.717, 1.165) is 12.8 Å². The summed E-state index contributed by atoms with van der Waals surface area (Å²) in [4.78, 5) is 24.6. The van der Waals surface area contributed by atoms with Crippen molar-refractivity contribution in [3.05, 3.63) is 10.4 Å². The summed E-state index contributed by atoms with van der Waals surface area (Å²) in [6.07, 6.45) is 1.92. The van der Waals surface area contributed by atoms with E-state index in [1.54, 1.807) is 7.05 Å². The predicted octanol–water partition coefficient (Wildman–Crippen LogP) is 1.65. The maximum atomic E-state index is 12.1. The molecule has 0 aromatic carbocycles. The van der Waals surface area contributed by atoms with Gasteiger partial charge in [-0.25, -0.2) is 0 Å². The molecule has 6 nitrogen and oxygen atoms in total. The van der Waals surface area contributed by atoms with Crippen LogP contribution in [0.3, 0.4) is 0 Å². The molecular formula is C14H22N4O2S. The Morgan fingerprint density at radius 2 is 2.05 bits per heavy atom. The van der Waals surface area contributed by atoms with Gasteiger partial charge >= 0.3 is 0 Å². The first-order valence-corrected chi connectivity index (χ1v) is 8.00. The molecule has 0 aliphatic heterocycles. The summed E-state index contributed by atoms with van der Waals surface area (Å²) in [7, 11) is 1.56. The Labute approximate surface area is 128 Å². The van der Waals surface area contributed by atoms with Gasteiger partial charge in [-0.1, -0.05) is 13.8 Å². The van der Waals surface area contributed by atoms with E-state index < -0.39 is 0 Å². The minimum absolute atomic E-state index is 0.221. The summed E-state index contributed by atoms with van der Waals surface area (Å²) in [6.45, 7) is 4.71. The molecule has 7 heteroatoms. The number of thiophene rings is 1. The molecule has 2 amide bonds. The highest BCUT2D eigenvalue weighted by Gasteiger charge is 2.35. The van der Waals surface area contributed by atoms with Crippen LogP contribution in [0.1, 0.15) is 46.7 Å². The smallest absolute Gasteiger partial charge is 0.263 e. The molecule has 1 aromatic heterocycles. The maximum Gasteiger partial charge on any atom is 0.263 e. The molecule has 1 fully saturated rings. The van der Waals surface area contributed by atoms with Crippen LogP contribution < -0.4 is 21.7 Å². The van der Waals surface area contributed by atoms with E-state index in [-0.39, 0.29) is 17.5 Å². The first-order chi connectivity index (χ1) is 9.99. The molecule has 0 radical (unpaired) electrons. The Balaban J connectivity index is 2.29. The monoisotopic (exact) mass is 310 g/mol. The van der Waals surface area contributed by atoms with Gasteiger partial charge in [0.05, 0.1) is 11.3 Å². The molecule has 21 heavy (non-hydrogen) atoms. The molecule has 1 heterocycles. The quantitative estimate of drug-likeness (QED) is 0.642. The van der Waals surface area contributed by atoms with Crippen LogP contribution >= 0.6 is 11.3 Å². The summed E-state index contributed by atoms with van der Waals surface area (Å²) in [6, 6.07) is 0.359. The second-order valence-electron chi connectivity index (χ2n) is 5.35. The second kappa shape index (κ2) is 6.34. The number of hydrogen-bond donors (Lipinski definition) is 4. The highest BCUT2D eigenvalue weighted by molar-refractivity contribution is 7.19. The molecule has 116 valence electrons. The van der Waals surface area contributed by atoms with Gasteiger partial charge in [-0.05, 0) is 18.8 Å². The van der Waals surface area contributed by atoms with E-state index in [1.807, 2.05) is 6.92 Å². The molecule has 1 aliphatic rings. The first-order valence-electron chi connectivity index (χ1n) is 7.18. The average Bonchev–Trinajstić information content (AvgIpc) is 3.05. The summed E-state index contributed by atoms with van der Waals surface area (Å²) >= 11 is 1.25. The van der Waals surface area contributed by atoms with E-state index in [1.165, 1.54) is 11.3 Å². The van der Waals surface area contributed by atoms with Gasteiger partial charge in [-0.2, -0.15) is 0 Å². The molecule has 2 unspecified atom stereocenters. The van der Waals surface area contributed by atoms with Crippen molar-refractivity contribution in [2.75, 3.05) is 24.6 Å². The number of amides is 2. The molecule has 2 atom stereocenters. The number of carbonyl (C=O) groups excluding carboxylic acids is 2. The van der Waals surface area contributed by atoms with Gasteiger partial charge in [0.1, 0.15) is 9.88 Å². The van der Waals surface area contributed by atoms with Gasteiger partial charge in [0, 0.05) is 19.6 Å². The third-order valence-electron chi connectivity index (χ3n) is 3.57. The lowest BCUT2D eigenvalue weighted by molar-refractivity contribution is 0.0957. The zero-order valence-corrected chi connectivity index (χ0v) is 13.4. The van der Waals surface area contributed by atoms with Crippen LogP contribution in [0.5, 0.6) is 0 Å². The standard InChI is InChI=1S/C14H22N4O2S/c1-4-5-17-13(20)11-10(15)9(12(19)16-3)14(21-11)18-8-6-7(8)2/h7-8,18H,4-6,15H2,1-3H3,(H,16,19)(H,17,20). The zero-order valence-electron chi connectivity index (χ0n) is 12.6. The van der Waals surface area contributed by atoms with Crippen molar-refractivity contribution >= 4 is 33.8 Å². The SMILES string of the molecule is CCCNC(=O)c1sc(NC2CC2C)c(C(=O)NC)c1N. The number of nitrogens with two attached hydrogens (primary N) is 1. The summed E-state index contributed by atoms with van der Waals surface area (Å²) in [5, 5.41) is 9.38. The Morgan fingerprint density at radius 3 is 2.57 bits per heavy atom. The van der Waals surface area contributed by atoms with Crippen molar-refractivity contribution in [2.24, 2.45) is 5.92 Å². The number of rotatable bonds is 6. The van der Waals surface area contributed by atoms with Crippen molar-refractivity contribution in [3.63, 3.8) is 0 Å². The fourth-order valence-corrected chi connectivity index (χ4v) is 3.17. The van der Waals surface area contributed by atoms with E-state index in [9.17, 15) is 9.59 Å². The highest BCUT2D eigenvalue weighted by Crippen LogP contribution is 2.40. The minimum atomic E-state index is -0.269. The fraction of sp³-hybridized carbons (Fsp3) is 0.571. The van der Waals surface area contributed by atoms with Crippen LogP contribution in [0, 0.1) is 5.92 Å². The lowest BCUT2D eigenvalue weighted by Gasteiger charge is -2.06. The molecular weight excluding hydrogens is 288 g/mol. The number of nitrogens with one attached hydrogen (secondary N) is 3. The van der Waals surface area contributed by atoms with Crippen molar-refractivity contribution in [1.82, 2.24) is 10.6 Å². The van der Waals surface area contributed by atoms with Crippen molar-refractivity contribution < 1.29 is 9.59 Å². The molecule has 0 saturated heterocycles. The Kier molecular flexibility index (Phi) is 4.72. The van der Waals surface area contributed by atoms with Gasteiger partial charge in [0.25, 0.3) is 11.8 Å². The van der Waals surface area contributed by atoms with Crippen molar-refractivity contribution in [2.45, 2.75) is 32.7 Å². The maximum absolute atomic E-state index is 12.1. The Bertz CT molecular complexity index is 555. The molecule has 1 aromatic rings. The summed E-state index contributed by atoms with van der Waals surface area (Å²) in [5.74, 6) is 0.0960. The van der Waals surface area contributed by atoms with Gasteiger partial charge in [0.15, 0.2) is 0 Å². The molecule has 0 spiro atoms. The Hall–Kier alpha value is -1.76. The van der Waals surface area contributed by atoms with Gasteiger partial charge in [-0.3, -0.25) is 9.59 Å². The minimum Gasteiger partial charge on any atom is -0.397 e. The lowest BCUT2D eigenvalue weighted by atomic mass is 10.2. The number of carbonyl (C=O) groups is 2. The molecule has 1 aliphatic carbocycles. The summed E-state index contributed by atoms with van der Waals surface area (Å²) in [5.41, 5.74) is 6.66. The molecule has 0 bridgehead atoms. The lowest BCUT2D eigenvalue weighted by Crippen LogP contribution is -2.24. The van der Waals surface area contributed by atoms with E-state index >= 15 is 0 Å². The predicted molar refractivity (Wildman–Crippen MR) is 85.9 cm³/mol. The van der Waals surface area contributed by atoms with Crippen LogP contribution in [0.4, 0.5) is 10.7 Å². The highest BCUT2D eigenvalue weighted by atomic mass is 32.1. The van der Waals surface area contributed by atoms with Gasteiger partial charge in [-0.15, -0.1) is 11.3 Å². The second-order valence-corrected chi connectivity index (χ2v) is 6.37. The molecule has 1 saturated carbocycles. The number of hydrogen-bond acceptors (Lipinski definition) is 5. The van der Waals surface area contributed by atoms with E-state index in [0.29, 0.717) is 33.9 Å². The fourth-order valence-electron chi connectivity index (χ4n) is 2.07. The largest absolute Gasteiger partial charge is 0.397 e. The van der Waals surface area contributed by atoms with Crippen LogP contribution in [-0.4, -0.2) is 31.4 Å². The van der Waals surface area contributed by atoms with Crippen LogP contribution in [-0.2, 0) is 0 Å². The molecule has 5 N–H and O–H groups in total. The number of nitrogen functional groups attached to an aromatic ring is 1. The van der Waals surface area contributed by atoms with E-state index in [2.05, 4.69) is 22.9 Å². The average molecular weight is 310 g/mol. The van der Waals surface area contributed by atoms with Crippen molar-refractivity contribution in [1.29, 1.82) is 0 Å². The third-order valence-corrected chi connectivity index (χ3v) is 4.70. The van der Waals surface area contributed by atoms with Gasteiger partial charge in [0.2, 0.25) is 0 Å². The zero-order chi connectivity index (χ0) is 15.6. The Morgan fingerprint density at radius 1 is 1.38 bits per heavy atom. The van der Waals surface area contributed by atoms with Gasteiger partial charge < -0.3 is 21.7 Å². The van der Waals surface area contributed by atoms with Crippen LogP contribution in [0.2, 0.25) is 0 Å². The first kappa shape index (κ1) is 15.6. The van der Waals surface area contributed by atoms with Crippen molar-refractivity contribution in [3.8, 4) is 0 Å². The topological polar surface area (TPSA) is 96.2 Å². The van der Waals surface area contributed by atoms with Crippen LogP contribution in [0.25, 0.3) is 0 Å². The summed E-state index contributed by atoms with van der Waals surface area (Å²) < 4.78 is 0. The number of anilines is 2. The van der Waals surface area contributed by atoms with Crippen LogP contribution in [0.15, 0.2) is 0 Å². The third kappa shape index (κ3) is 3.29.